The molecular formula is C24H23N5O3S2. The van der Waals surface area contributed by atoms with E-state index in [-0.39, 0.29) is 28.5 Å². The molecule has 2 N–H and O–H groups in total. The van der Waals surface area contributed by atoms with Gasteiger partial charge >= 0.3 is 0 Å². The Bertz CT molecular complexity index is 1410. The van der Waals surface area contributed by atoms with Crippen LogP contribution in [-0.2, 0) is 17.6 Å². The molecule has 4 aromatic rings. The summed E-state index contributed by atoms with van der Waals surface area (Å²) in [6.45, 7) is 1.77. The van der Waals surface area contributed by atoms with Crippen molar-refractivity contribution in [1.29, 1.82) is 0 Å². The van der Waals surface area contributed by atoms with E-state index >= 15 is 0 Å². The van der Waals surface area contributed by atoms with Crippen LogP contribution in [-0.4, -0.2) is 31.0 Å². The summed E-state index contributed by atoms with van der Waals surface area (Å²) in [4.78, 5) is 45.8. The molecule has 0 saturated carbocycles. The van der Waals surface area contributed by atoms with Crippen LogP contribution in [0, 0.1) is 6.92 Å². The number of rotatable bonds is 8. The zero-order valence-electron chi connectivity index (χ0n) is 18.6. The summed E-state index contributed by atoms with van der Waals surface area (Å²) >= 11 is 2.69. The van der Waals surface area contributed by atoms with Crippen molar-refractivity contribution in [3.8, 4) is 5.69 Å². The largest absolute Gasteiger partial charge is 0.319 e. The number of aromatic nitrogens is 4. The minimum Gasteiger partial charge on any atom is -0.319 e. The van der Waals surface area contributed by atoms with Crippen molar-refractivity contribution in [1.82, 2.24) is 19.3 Å². The zero-order valence-corrected chi connectivity index (χ0v) is 20.3. The van der Waals surface area contributed by atoms with Gasteiger partial charge in [0.05, 0.1) is 22.8 Å². The molecule has 0 spiro atoms. The molecule has 0 unspecified atom stereocenters. The Morgan fingerprint density at radius 3 is 2.41 bits per heavy atom. The van der Waals surface area contributed by atoms with Crippen molar-refractivity contribution in [2.45, 2.75) is 22.7 Å². The van der Waals surface area contributed by atoms with E-state index < -0.39 is 0 Å². The molecule has 2 aromatic carbocycles. The van der Waals surface area contributed by atoms with Crippen LogP contribution in [0.1, 0.15) is 11.4 Å². The van der Waals surface area contributed by atoms with Gasteiger partial charge in [0, 0.05) is 23.8 Å². The predicted molar refractivity (Wildman–Crippen MR) is 136 cm³/mol. The standard InChI is InChI=1S/C24H23N5O3S2/c1-16-22(23(32)29(28(16)2)18-9-5-3-6-10-18)26-21(31)15-34-24-25-17(13-20(30)27-24)14-33-19-11-7-4-8-12-19/h3-13H,14-15H2,1-2H3,(H,26,31)(H,25,27,30). The van der Waals surface area contributed by atoms with Crippen molar-refractivity contribution in [3.05, 3.63) is 98.8 Å². The SMILES string of the molecule is Cc1c(NC(=O)CSc2nc(CSc3ccccc3)cc(=O)[nH]2)c(=O)n(-c2ccccc2)n1C. The minimum atomic E-state index is -0.359. The van der Waals surface area contributed by atoms with Gasteiger partial charge in [-0.05, 0) is 31.2 Å². The number of aromatic amines is 1. The first-order chi connectivity index (χ1) is 16.4. The second-order valence-electron chi connectivity index (χ2n) is 7.42. The highest BCUT2D eigenvalue weighted by atomic mass is 32.2. The molecule has 0 fully saturated rings. The maximum atomic E-state index is 13.0. The Balaban J connectivity index is 1.42. The first-order valence-electron chi connectivity index (χ1n) is 10.5. The lowest BCUT2D eigenvalue weighted by atomic mass is 10.3. The number of carbonyl (C=O) groups excluding carboxylic acids is 1. The van der Waals surface area contributed by atoms with Gasteiger partial charge in [-0.2, -0.15) is 0 Å². The van der Waals surface area contributed by atoms with Crippen LogP contribution in [0.15, 0.2) is 86.4 Å². The van der Waals surface area contributed by atoms with Crippen LogP contribution in [0.4, 0.5) is 5.69 Å². The van der Waals surface area contributed by atoms with E-state index in [2.05, 4.69) is 15.3 Å². The Morgan fingerprint density at radius 1 is 1.03 bits per heavy atom. The molecule has 10 heteroatoms. The highest BCUT2D eigenvalue weighted by molar-refractivity contribution is 7.99. The van der Waals surface area contributed by atoms with Crippen LogP contribution >= 0.6 is 23.5 Å². The molecule has 0 aliphatic heterocycles. The third-order valence-electron chi connectivity index (χ3n) is 5.06. The molecule has 2 aromatic heterocycles. The molecule has 0 saturated heterocycles. The molecule has 34 heavy (non-hydrogen) atoms. The number of thioether (sulfide) groups is 2. The quantitative estimate of drug-likeness (QED) is 0.287. The monoisotopic (exact) mass is 493 g/mol. The number of hydrogen-bond acceptors (Lipinski definition) is 6. The molecule has 0 bridgehead atoms. The number of benzene rings is 2. The summed E-state index contributed by atoms with van der Waals surface area (Å²) in [5, 5.41) is 3.08. The van der Waals surface area contributed by atoms with E-state index in [1.807, 2.05) is 60.7 Å². The summed E-state index contributed by atoms with van der Waals surface area (Å²) in [6.07, 6.45) is 0. The highest BCUT2D eigenvalue weighted by Gasteiger charge is 2.18. The number of H-pyrrole nitrogens is 1. The van der Waals surface area contributed by atoms with E-state index in [0.717, 1.165) is 16.7 Å². The second kappa shape index (κ2) is 10.6. The fourth-order valence-electron chi connectivity index (χ4n) is 3.32. The average Bonchev–Trinajstić information content (AvgIpc) is 3.05. The Kier molecular flexibility index (Phi) is 7.39. The Labute approximate surface area is 204 Å². The van der Waals surface area contributed by atoms with Gasteiger partial charge in [0.2, 0.25) is 5.91 Å². The van der Waals surface area contributed by atoms with Crippen LogP contribution in [0.3, 0.4) is 0 Å². The first-order valence-corrected chi connectivity index (χ1v) is 12.4. The third kappa shape index (κ3) is 5.52. The lowest BCUT2D eigenvalue weighted by Crippen LogP contribution is -2.23. The lowest BCUT2D eigenvalue weighted by Gasteiger charge is -2.07. The molecule has 1 amide bonds. The minimum absolute atomic E-state index is 0.00265. The van der Waals surface area contributed by atoms with Gasteiger partial charge in [0.1, 0.15) is 5.69 Å². The van der Waals surface area contributed by atoms with Gasteiger partial charge < -0.3 is 10.3 Å². The third-order valence-corrected chi connectivity index (χ3v) is 6.98. The molecule has 0 radical (unpaired) electrons. The van der Waals surface area contributed by atoms with Gasteiger partial charge in [-0.3, -0.25) is 19.1 Å². The number of nitrogens with one attached hydrogen (secondary N) is 2. The van der Waals surface area contributed by atoms with Crippen LogP contribution in [0.25, 0.3) is 5.69 Å². The van der Waals surface area contributed by atoms with E-state index in [1.54, 1.807) is 30.4 Å². The molecular weight excluding hydrogens is 470 g/mol. The van der Waals surface area contributed by atoms with Crippen LogP contribution in [0.5, 0.6) is 0 Å². The number of carbonyl (C=O) groups is 1. The average molecular weight is 494 g/mol. The van der Waals surface area contributed by atoms with Crippen LogP contribution < -0.4 is 16.4 Å². The van der Waals surface area contributed by atoms with E-state index in [4.69, 9.17) is 0 Å². The number of nitrogens with zero attached hydrogens (tertiary/aromatic N) is 3. The zero-order chi connectivity index (χ0) is 24.1. The van der Waals surface area contributed by atoms with Crippen molar-refractivity contribution < 1.29 is 4.79 Å². The van der Waals surface area contributed by atoms with E-state index in [1.165, 1.54) is 10.7 Å². The van der Waals surface area contributed by atoms with E-state index in [9.17, 15) is 14.4 Å². The molecule has 0 aliphatic carbocycles. The summed E-state index contributed by atoms with van der Waals surface area (Å²) in [6, 6.07) is 20.5. The van der Waals surface area contributed by atoms with Crippen molar-refractivity contribution >= 4 is 35.1 Å². The Hall–Kier alpha value is -3.50. The normalized spacial score (nSPS) is 10.9. The van der Waals surface area contributed by atoms with Crippen molar-refractivity contribution in [3.63, 3.8) is 0 Å². The van der Waals surface area contributed by atoms with Gasteiger partial charge in [-0.25, -0.2) is 9.67 Å². The van der Waals surface area contributed by atoms with E-state index in [0.29, 0.717) is 28.0 Å². The summed E-state index contributed by atoms with van der Waals surface area (Å²) in [5.74, 6) is 0.176. The smallest absolute Gasteiger partial charge is 0.295 e. The molecule has 2 heterocycles. The molecule has 8 nitrogen and oxygen atoms in total. The summed E-state index contributed by atoms with van der Waals surface area (Å²) in [5.41, 5.74) is 1.62. The predicted octanol–water partition coefficient (Wildman–Crippen LogP) is 3.59. The molecule has 174 valence electrons. The van der Waals surface area contributed by atoms with Gasteiger partial charge in [0.15, 0.2) is 5.16 Å². The van der Waals surface area contributed by atoms with Crippen molar-refractivity contribution in [2.75, 3.05) is 11.1 Å². The number of para-hydroxylation sites is 1. The lowest BCUT2D eigenvalue weighted by molar-refractivity contribution is -0.113. The maximum Gasteiger partial charge on any atom is 0.295 e. The highest BCUT2D eigenvalue weighted by Crippen LogP contribution is 2.22. The number of amides is 1. The number of hydrogen-bond donors (Lipinski definition) is 2. The molecule has 0 atom stereocenters. The topological polar surface area (TPSA) is 102 Å². The number of anilines is 1. The first kappa shape index (κ1) is 23.7. The fraction of sp³-hybridized carbons (Fsp3) is 0.167. The summed E-state index contributed by atoms with van der Waals surface area (Å²) < 4.78 is 3.21. The fourth-order valence-corrected chi connectivity index (χ4v) is 4.83. The summed E-state index contributed by atoms with van der Waals surface area (Å²) in [7, 11) is 1.77. The van der Waals surface area contributed by atoms with Gasteiger partial charge in [0.25, 0.3) is 11.1 Å². The van der Waals surface area contributed by atoms with Gasteiger partial charge in [-0.15, -0.1) is 11.8 Å². The molecule has 4 rings (SSSR count). The molecule has 0 aliphatic rings. The van der Waals surface area contributed by atoms with Crippen molar-refractivity contribution in [2.24, 2.45) is 7.05 Å². The van der Waals surface area contributed by atoms with Crippen LogP contribution in [0.2, 0.25) is 0 Å². The maximum absolute atomic E-state index is 13.0. The van der Waals surface area contributed by atoms with Gasteiger partial charge in [-0.1, -0.05) is 48.2 Å². The Morgan fingerprint density at radius 2 is 1.71 bits per heavy atom. The second-order valence-corrected chi connectivity index (χ2v) is 9.43.